The van der Waals surface area contributed by atoms with Crippen molar-refractivity contribution < 1.29 is 19.0 Å². The van der Waals surface area contributed by atoms with E-state index in [0.29, 0.717) is 19.7 Å². The fraction of sp³-hybridized carbons (Fsp3) is 0.632. The Morgan fingerprint density at radius 1 is 1.31 bits per heavy atom. The third kappa shape index (κ3) is 3.77. The van der Waals surface area contributed by atoms with Crippen molar-refractivity contribution in [2.75, 3.05) is 40.1 Å². The number of hydrogen-bond acceptors (Lipinski definition) is 5. The Hall–Kier alpha value is -1.50. The molecule has 1 N–H and O–H groups in total. The van der Waals surface area contributed by atoms with Gasteiger partial charge in [0.05, 0.1) is 6.61 Å². The van der Waals surface area contributed by atoms with Gasteiger partial charge in [0.2, 0.25) is 12.7 Å². The Kier molecular flexibility index (Phi) is 5.95. The van der Waals surface area contributed by atoms with Crippen molar-refractivity contribution in [3.8, 4) is 11.5 Å². The second kappa shape index (κ2) is 8.03. The van der Waals surface area contributed by atoms with Crippen LogP contribution in [0, 0.1) is 11.3 Å². The lowest BCUT2D eigenvalue weighted by atomic mass is 9.91. The molecule has 1 atom stereocenters. The smallest absolute Gasteiger partial charge is 0.231 e. The summed E-state index contributed by atoms with van der Waals surface area (Å²) in [6.07, 6.45) is 3.27. The molecular weight excluding hydrogens is 356 g/mol. The van der Waals surface area contributed by atoms with Crippen LogP contribution in [0.25, 0.3) is 0 Å². The molecule has 0 radical (unpaired) electrons. The van der Waals surface area contributed by atoms with E-state index in [0.717, 1.165) is 49.4 Å². The largest absolute Gasteiger partial charge is 0.454 e. The second-order valence-electron chi connectivity index (χ2n) is 7.31. The number of piperidine rings is 1. The molecule has 4 rings (SSSR count). The first-order valence-electron chi connectivity index (χ1n) is 9.09. The van der Waals surface area contributed by atoms with Crippen LogP contribution < -0.4 is 14.8 Å². The van der Waals surface area contributed by atoms with Gasteiger partial charge in [-0.05, 0) is 55.5 Å². The topological polar surface area (TPSA) is 60.0 Å². The molecule has 7 heteroatoms. The minimum atomic E-state index is 0. The number of rotatable bonds is 6. The quantitative estimate of drug-likeness (QED) is 0.817. The number of benzene rings is 1. The molecule has 3 aliphatic rings. The molecule has 1 unspecified atom stereocenters. The predicted octanol–water partition coefficient (Wildman–Crippen LogP) is 2.20. The van der Waals surface area contributed by atoms with Gasteiger partial charge in [-0.3, -0.25) is 4.79 Å². The van der Waals surface area contributed by atoms with E-state index in [1.165, 1.54) is 0 Å². The summed E-state index contributed by atoms with van der Waals surface area (Å²) in [7, 11) is 1.68. The summed E-state index contributed by atoms with van der Waals surface area (Å²) >= 11 is 0. The fourth-order valence-electron chi connectivity index (χ4n) is 4.12. The van der Waals surface area contributed by atoms with Crippen molar-refractivity contribution >= 4 is 18.3 Å². The summed E-state index contributed by atoms with van der Waals surface area (Å²) in [6, 6.07) is 5.90. The molecule has 1 spiro atoms. The number of fused-ring (bicyclic) bond motifs is 1. The molecule has 0 aromatic heterocycles. The highest BCUT2D eigenvalue weighted by Gasteiger charge is 2.58. The van der Waals surface area contributed by atoms with Crippen LogP contribution in [0.3, 0.4) is 0 Å². The molecule has 1 saturated heterocycles. The summed E-state index contributed by atoms with van der Waals surface area (Å²) in [4.78, 5) is 15.1. The van der Waals surface area contributed by atoms with Crippen LogP contribution in [-0.4, -0.2) is 51.0 Å². The first kappa shape index (κ1) is 19.3. The van der Waals surface area contributed by atoms with Gasteiger partial charge in [-0.15, -0.1) is 12.4 Å². The highest BCUT2D eigenvalue weighted by Crippen LogP contribution is 2.59. The SMILES string of the molecule is COCCN(Cc1ccc2c(c1)OCO2)C(=O)C1CC12CCNCC2.Cl. The van der Waals surface area contributed by atoms with E-state index in [1.807, 2.05) is 23.1 Å². The van der Waals surface area contributed by atoms with Crippen LogP contribution in [0.2, 0.25) is 0 Å². The Bertz CT molecular complexity index is 648. The van der Waals surface area contributed by atoms with Gasteiger partial charge in [0.15, 0.2) is 11.5 Å². The molecule has 1 saturated carbocycles. The lowest BCUT2D eigenvalue weighted by molar-refractivity contribution is -0.135. The van der Waals surface area contributed by atoms with Crippen LogP contribution >= 0.6 is 12.4 Å². The van der Waals surface area contributed by atoms with Gasteiger partial charge >= 0.3 is 0 Å². The van der Waals surface area contributed by atoms with Gasteiger partial charge in [0.25, 0.3) is 0 Å². The van der Waals surface area contributed by atoms with E-state index in [2.05, 4.69) is 5.32 Å². The Morgan fingerprint density at radius 3 is 2.85 bits per heavy atom. The van der Waals surface area contributed by atoms with Crippen LogP contribution in [-0.2, 0) is 16.1 Å². The van der Waals surface area contributed by atoms with E-state index in [9.17, 15) is 4.79 Å². The maximum absolute atomic E-state index is 13.1. The number of nitrogens with zero attached hydrogens (tertiary/aromatic N) is 1. The summed E-state index contributed by atoms with van der Waals surface area (Å²) < 4.78 is 16.0. The minimum Gasteiger partial charge on any atom is -0.454 e. The number of hydrogen-bond donors (Lipinski definition) is 1. The number of methoxy groups -OCH3 is 1. The number of nitrogens with one attached hydrogen (secondary N) is 1. The molecule has 1 amide bonds. The highest BCUT2D eigenvalue weighted by atomic mass is 35.5. The Morgan fingerprint density at radius 2 is 2.08 bits per heavy atom. The molecule has 2 aliphatic heterocycles. The average Bonchev–Trinajstić information content (AvgIpc) is 3.11. The van der Waals surface area contributed by atoms with Crippen molar-refractivity contribution in [1.29, 1.82) is 0 Å². The lowest BCUT2D eigenvalue weighted by Crippen LogP contribution is -2.37. The molecular formula is C19H27ClN2O4. The number of amides is 1. The van der Waals surface area contributed by atoms with Crippen LogP contribution in [0.5, 0.6) is 11.5 Å². The summed E-state index contributed by atoms with van der Waals surface area (Å²) in [5.74, 6) is 1.99. The zero-order valence-electron chi connectivity index (χ0n) is 15.2. The molecule has 1 aliphatic carbocycles. The number of halogens is 1. The van der Waals surface area contributed by atoms with E-state index < -0.39 is 0 Å². The standard InChI is InChI=1S/C19H26N2O4.ClH/c1-23-9-8-21(12-14-2-3-16-17(10-14)25-13-24-16)18(22)15-11-19(15)4-6-20-7-5-19;/h2-3,10,15,20H,4-9,11-13H2,1H3;1H. The monoisotopic (exact) mass is 382 g/mol. The van der Waals surface area contributed by atoms with Gasteiger partial charge in [-0.1, -0.05) is 6.07 Å². The Labute approximate surface area is 160 Å². The maximum atomic E-state index is 13.1. The van der Waals surface area contributed by atoms with E-state index in [1.54, 1.807) is 7.11 Å². The van der Waals surface area contributed by atoms with Crippen molar-refractivity contribution in [1.82, 2.24) is 10.2 Å². The van der Waals surface area contributed by atoms with Crippen molar-refractivity contribution in [3.05, 3.63) is 23.8 Å². The van der Waals surface area contributed by atoms with Crippen LogP contribution in [0.15, 0.2) is 18.2 Å². The first-order valence-corrected chi connectivity index (χ1v) is 9.09. The molecule has 26 heavy (non-hydrogen) atoms. The molecule has 0 bridgehead atoms. The molecule has 2 heterocycles. The molecule has 2 fully saturated rings. The minimum absolute atomic E-state index is 0. The van der Waals surface area contributed by atoms with Crippen LogP contribution in [0.1, 0.15) is 24.8 Å². The first-order chi connectivity index (χ1) is 12.2. The predicted molar refractivity (Wildman–Crippen MR) is 99.7 cm³/mol. The number of carbonyl (C=O) groups excluding carboxylic acids is 1. The second-order valence-corrected chi connectivity index (χ2v) is 7.31. The highest BCUT2D eigenvalue weighted by molar-refractivity contribution is 5.85. The van der Waals surface area contributed by atoms with Gasteiger partial charge in [0.1, 0.15) is 0 Å². The van der Waals surface area contributed by atoms with Crippen molar-refractivity contribution in [2.45, 2.75) is 25.8 Å². The molecule has 1 aromatic rings. The lowest BCUT2D eigenvalue weighted by Gasteiger charge is -2.27. The van der Waals surface area contributed by atoms with Gasteiger partial charge < -0.3 is 24.4 Å². The van der Waals surface area contributed by atoms with Crippen LogP contribution in [0.4, 0.5) is 0 Å². The molecule has 1 aromatic carbocycles. The van der Waals surface area contributed by atoms with Crippen molar-refractivity contribution in [3.63, 3.8) is 0 Å². The third-order valence-corrected chi connectivity index (χ3v) is 5.77. The van der Waals surface area contributed by atoms with E-state index in [4.69, 9.17) is 14.2 Å². The number of carbonyl (C=O) groups is 1. The van der Waals surface area contributed by atoms with E-state index in [-0.39, 0.29) is 36.4 Å². The normalized spacial score (nSPS) is 22.0. The third-order valence-electron chi connectivity index (χ3n) is 5.77. The van der Waals surface area contributed by atoms with Gasteiger partial charge in [0, 0.05) is 26.1 Å². The average molecular weight is 383 g/mol. The summed E-state index contributed by atoms with van der Waals surface area (Å²) in [6.45, 7) is 4.09. The zero-order valence-corrected chi connectivity index (χ0v) is 16.0. The molecule has 6 nitrogen and oxygen atoms in total. The number of ether oxygens (including phenoxy) is 3. The summed E-state index contributed by atoms with van der Waals surface area (Å²) in [5, 5.41) is 3.40. The van der Waals surface area contributed by atoms with E-state index >= 15 is 0 Å². The summed E-state index contributed by atoms with van der Waals surface area (Å²) in [5.41, 5.74) is 1.32. The molecule has 144 valence electrons. The van der Waals surface area contributed by atoms with Crippen molar-refractivity contribution in [2.24, 2.45) is 11.3 Å². The zero-order chi connectivity index (χ0) is 17.3. The van der Waals surface area contributed by atoms with Gasteiger partial charge in [-0.25, -0.2) is 0 Å². The Balaban J connectivity index is 0.00000196. The maximum Gasteiger partial charge on any atom is 0.231 e. The fourth-order valence-corrected chi connectivity index (χ4v) is 4.12. The van der Waals surface area contributed by atoms with Gasteiger partial charge in [-0.2, -0.15) is 0 Å².